The average Bonchev–Trinajstić information content (AvgIpc) is 2.86. The van der Waals surface area contributed by atoms with Gasteiger partial charge in [0.05, 0.1) is 7.11 Å². The fraction of sp³-hybridized carbons (Fsp3) is 0.143. The molecule has 1 unspecified atom stereocenters. The first-order chi connectivity index (χ1) is 9.10. The van der Waals surface area contributed by atoms with Gasteiger partial charge in [-0.15, -0.1) is 0 Å². The molecule has 0 spiro atoms. The van der Waals surface area contributed by atoms with Gasteiger partial charge in [-0.05, 0) is 25.1 Å². The zero-order chi connectivity index (χ0) is 13.8. The monoisotopic (exact) mass is 280 g/mol. The van der Waals surface area contributed by atoms with Crippen LogP contribution in [0.3, 0.4) is 0 Å². The zero-order valence-electron chi connectivity index (χ0n) is 10.6. The summed E-state index contributed by atoms with van der Waals surface area (Å²) < 4.78 is 35.7. The molecule has 0 aliphatic heterocycles. The lowest BCUT2D eigenvalue weighted by atomic mass is 10.2. The van der Waals surface area contributed by atoms with Gasteiger partial charge in [-0.1, -0.05) is 17.7 Å². The van der Waals surface area contributed by atoms with E-state index in [0.717, 1.165) is 11.6 Å². The number of aryl methyl sites for hydroxylation is 1. The van der Waals surface area contributed by atoms with Crippen LogP contribution in [0.5, 0.6) is 5.95 Å². The molecule has 0 bridgehead atoms. The lowest BCUT2D eigenvalue weighted by Crippen LogP contribution is -1.91. The number of methoxy groups -OCH3 is 1. The Morgan fingerprint density at radius 3 is 2.53 bits per heavy atom. The van der Waals surface area contributed by atoms with Gasteiger partial charge in [0.15, 0.2) is 5.16 Å². The summed E-state index contributed by atoms with van der Waals surface area (Å²) in [4.78, 5) is 0.415. The predicted molar refractivity (Wildman–Crippen MR) is 71.9 cm³/mol. The molecule has 0 radical (unpaired) electrons. The number of rotatable bonds is 4. The fourth-order valence-corrected chi connectivity index (χ4v) is 2.29. The van der Waals surface area contributed by atoms with Crippen LogP contribution in [0.4, 0.5) is 4.39 Å². The van der Waals surface area contributed by atoms with Gasteiger partial charge in [0.25, 0.3) is 5.95 Å². The maximum Gasteiger partial charge on any atom is 0.284 e. The van der Waals surface area contributed by atoms with Crippen molar-refractivity contribution in [1.82, 2.24) is 0 Å². The van der Waals surface area contributed by atoms with Crippen molar-refractivity contribution < 1.29 is 17.8 Å². The molecule has 0 N–H and O–H groups in total. The fourth-order valence-electron chi connectivity index (χ4n) is 1.46. The van der Waals surface area contributed by atoms with Crippen LogP contribution in [0.2, 0.25) is 0 Å². The highest BCUT2D eigenvalue weighted by Gasteiger charge is 2.11. The molecular weight excluding hydrogens is 267 g/mol. The van der Waals surface area contributed by atoms with Gasteiger partial charge in [0.2, 0.25) is 0 Å². The van der Waals surface area contributed by atoms with Crippen molar-refractivity contribution in [2.24, 2.45) is 0 Å². The standard InChI is InChI=1S/C14H13FO3S/c1-10-3-6-12(7-4-10)19(16)13(15)9-11-5-8-14(17-2)18-11/h3-9H,1-2H3/b13-9-. The first kappa shape index (κ1) is 13.5. The normalized spacial score (nSPS) is 13.3. The van der Waals surface area contributed by atoms with Crippen molar-refractivity contribution in [2.75, 3.05) is 7.11 Å². The lowest BCUT2D eigenvalue weighted by Gasteiger charge is -1.99. The molecule has 2 rings (SSSR count). The zero-order valence-corrected chi connectivity index (χ0v) is 11.4. The molecule has 1 atom stereocenters. The molecule has 0 fully saturated rings. The third-order valence-corrected chi connectivity index (χ3v) is 3.64. The van der Waals surface area contributed by atoms with E-state index in [9.17, 15) is 8.60 Å². The number of hydrogen-bond acceptors (Lipinski definition) is 3. The molecule has 0 saturated heterocycles. The first-order valence-electron chi connectivity index (χ1n) is 5.59. The Morgan fingerprint density at radius 2 is 1.95 bits per heavy atom. The van der Waals surface area contributed by atoms with Crippen molar-refractivity contribution >= 4 is 16.9 Å². The smallest absolute Gasteiger partial charge is 0.284 e. The Kier molecular flexibility index (Phi) is 4.16. The van der Waals surface area contributed by atoms with E-state index in [1.165, 1.54) is 7.11 Å². The molecule has 0 aliphatic rings. The maximum absolute atomic E-state index is 13.8. The summed E-state index contributed by atoms with van der Waals surface area (Å²) >= 11 is 0. The molecule has 19 heavy (non-hydrogen) atoms. The van der Waals surface area contributed by atoms with E-state index < -0.39 is 16.0 Å². The highest BCUT2D eigenvalue weighted by atomic mass is 32.2. The van der Waals surface area contributed by atoms with Crippen LogP contribution in [0.25, 0.3) is 6.08 Å². The Balaban J connectivity index is 2.20. The van der Waals surface area contributed by atoms with Gasteiger partial charge < -0.3 is 9.15 Å². The van der Waals surface area contributed by atoms with Gasteiger partial charge in [-0.25, -0.2) is 4.21 Å². The summed E-state index contributed by atoms with van der Waals surface area (Å²) in [5.41, 5.74) is 1.03. The van der Waals surface area contributed by atoms with Crippen LogP contribution >= 0.6 is 0 Å². The molecule has 5 heteroatoms. The second kappa shape index (κ2) is 5.84. The lowest BCUT2D eigenvalue weighted by molar-refractivity contribution is 0.303. The van der Waals surface area contributed by atoms with E-state index in [-0.39, 0.29) is 11.7 Å². The second-order valence-corrected chi connectivity index (χ2v) is 5.29. The Hall–Kier alpha value is -1.88. The van der Waals surface area contributed by atoms with Crippen LogP contribution in [0.1, 0.15) is 11.3 Å². The number of ether oxygens (including phenoxy) is 1. The highest BCUT2D eigenvalue weighted by molar-refractivity contribution is 7.89. The number of hydrogen-bond donors (Lipinski definition) is 0. The van der Waals surface area contributed by atoms with Gasteiger partial charge in [0.1, 0.15) is 16.6 Å². The van der Waals surface area contributed by atoms with Gasteiger partial charge in [-0.2, -0.15) is 4.39 Å². The summed E-state index contributed by atoms with van der Waals surface area (Å²) in [5.74, 6) is 0.537. The third kappa shape index (κ3) is 3.32. The summed E-state index contributed by atoms with van der Waals surface area (Å²) in [5, 5.41) is -0.763. The first-order valence-corrected chi connectivity index (χ1v) is 6.74. The van der Waals surface area contributed by atoms with Crippen molar-refractivity contribution in [3.63, 3.8) is 0 Å². The molecule has 0 amide bonds. The Morgan fingerprint density at radius 1 is 1.26 bits per heavy atom. The van der Waals surface area contributed by atoms with Crippen LogP contribution < -0.4 is 4.74 Å². The molecule has 1 aromatic carbocycles. The Bertz CT molecular complexity index is 614. The molecule has 2 aromatic rings. The van der Waals surface area contributed by atoms with E-state index in [2.05, 4.69) is 0 Å². The van der Waals surface area contributed by atoms with Gasteiger partial charge >= 0.3 is 0 Å². The molecule has 3 nitrogen and oxygen atoms in total. The second-order valence-electron chi connectivity index (χ2n) is 3.89. The molecule has 0 saturated carbocycles. The van der Waals surface area contributed by atoms with E-state index in [0.29, 0.717) is 4.90 Å². The third-order valence-electron chi connectivity index (χ3n) is 2.47. The topological polar surface area (TPSA) is 39.4 Å². The summed E-state index contributed by atoms with van der Waals surface area (Å²) in [6.45, 7) is 1.91. The number of halogens is 1. The van der Waals surface area contributed by atoms with Crippen LogP contribution in [-0.4, -0.2) is 11.3 Å². The van der Waals surface area contributed by atoms with Crippen LogP contribution in [0, 0.1) is 6.92 Å². The Labute approximate surface area is 113 Å². The summed E-state index contributed by atoms with van der Waals surface area (Å²) in [7, 11) is -0.384. The minimum atomic E-state index is -1.84. The van der Waals surface area contributed by atoms with Gasteiger partial charge in [0, 0.05) is 17.0 Å². The average molecular weight is 280 g/mol. The van der Waals surface area contributed by atoms with Crippen molar-refractivity contribution in [2.45, 2.75) is 11.8 Å². The molecule has 1 heterocycles. The minimum absolute atomic E-state index is 0.259. The summed E-state index contributed by atoms with van der Waals surface area (Å²) in [6.07, 6.45) is 1.10. The van der Waals surface area contributed by atoms with E-state index in [4.69, 9.17) is 9.15 Å². The molecule has 1 aromatic heterocycles. The molecular formula is C14H13FO3S. The van der Waals surface area contributed by atoms with Crippen LogP contribution in [-0.2, 0) is 10.8 Å². The minimum Gasteiger partial charge on any atom is -0.468 e. The number of benzene rings is 1. The van der Waals surface area contributed by atoms with Gasteiger partial charge in [-0.3, -0.25) is 0 Å². The number of furan rings is 1. The van der Waals surface area contributed by atoms with E-state index in [1.54, 1.807) is 36.4 Å². The molecule has 100 valence electrons. The largest absolute Gasteiger partial charge is 0.468 e. The quantitative estimate of drug-likeness (QED) is 0.857. The van der Waals surface area contributed by atoms with E-state index >= 15 is 0 Å². The SMILES string of the molecule is COc1ccc(/C=C(/F)S(=O)c2ccc(C)cc2)o1. The van der Waals surface area contributed by atoms with E-state index in [1.807, 2.05) is 6.92 Å². The highest BCUT2D eigenvalue weighted by Crippen LogP contribution is 2.22. The summed E-state index contributed by atoms with van der Waals surface area (Å²) in [6, 6.07) is 9.97. The van der Waals surface area contributed by atoms with Crippen molar-refractivity contribution in [3.8, 4) is 5.95 Å². The molecule has 0 aliphatic carbocycles. The van der Waals surface area contributed by atoms with Crippen molar-refractivity contribution in [1.29, 1.82) is 0 Å². The predicted octanol–water partition coefficient (Wildman–Crippen LogP) is 3.67. The van der Waals surface area contributed by atoms with Crippen LogP contribution in [0.15, 0.2) is 50.9 Å². The van der Waals surface area contributed by atoms with Crippen molar-refractivity contribution in [3.05, 3.63) is 52.9 Å². The maximum atomic E-state index is 13.8.